The van der Waals surface area contributed by atoms with E-state index in [0.29, 0.717) is 24.2 Å². The molecule has 1 aliphatic heterocycles. The van der Waals surface area contributed by atoms with E-state index in [4.69, 9.17) is 9.47 Å². The predicted octanol–water partition coefficient (Wildman–Crippen LogP) is 2.53. The topological polar surface area (TPSA) is 76.7 Å². The molecule has 6 nitrogen and oxygen atoms in total. The van der Waals surface area contributed by atoms with Gasteiger partial charge in [-0.1, -0.05) is 18.2 Å². The van der Waals surface area contributed by atoms with Crippen LogP contribution in [0.5, 0.6) is 5.75 Å². The van der Waals surface area contributed by atoms with E-state index in [-0.39, 0.29) is 17.9 Å². The smallest absolute Gasteiger partial charge is 0.251 e. The van der Waals surface area contributed by atoms with Crippen LogP contribution in [0.2, 0.25) is 0 Å². The van der Waals surface area contributed by atoms with Gasteiger partial charge in [0.2, 0.25) is 0 Å². The lowest BCUT2D eigenvalue weighted by molar-refractivity contribution is 0.0857. The van der Waals surface area contributed by atoms with Crippen LogP contribution in [0.15, 0.2) is 48.5 Å². The van der Waals surface area contributed by atoms with Crippen LogP contribution in [0, 0.1) is 0 Å². The highest BCUT2D eigenvalue weighted by Gasteiger charge is 2.17. The minimum absolute atomic E-state index is 0.106. The fourth-order valence-corrected chi connectivity index (χ4v) is 3.01. The Kier molecular flexibility index (Phi) is 6.44. The minimum Gasteiger partial charge on any atom is -0.496 e. The van der Waals surface area contributed by atoms with Crippen LogP contribution in [-0.4, -0.2) is 38.2 Å². The molecule has 1 atom stereocenters. The molecule has 0 bridgehead atoms. The Balaban J connectivity index is 1.52. The summed E-state index contributed by atoms with van der Waals surface area (Å²) in [4.78, 5) is 24.5. The standard InChI is InChI=1S/C21H24N2O4/c1-26-19-7-3-2-5-17(19)13-22-20(24)15-8-10-16(11-9-15)21(25)23-14-18-6-4-12-27-18/h2-3,5,7-11,18H,4,6,12-14H2,1H3,(H,22,24)(H,23,25). The van der Waals surface area contributed by atoms with Crippen molar-refractivity contribution in [2.75, 3.05) is 20.3 Å². The van der Waals surface area contributed by atoms with Gasteiger partial charge in [0, 0.05) is 36.4 Å². The van der Waals surface area contributed by atoms with Gasteiger partial charge in [0.15, 0.2) is 0 Å². The van der Waals surface area contributed by atoms with E-state index in [1.165, 1.54) is 0 Å². The number of carbonyl (C=O) groups is 2. The van der Waals surface area contributed by atoms with Crippen molar-refractivity contribution in [3.8, 4) is 5.75 Å². The molecule has 3 rings (SSSR count). The van der Waals surface area contributed by atoms with Gasteiger partial charge < -0.3 is 20.1 Å². The number of hydrogen-bond donors (Lipinski definition) is 2. The first kappa shape index (κ1) is 18.9. The molecule has 1 fully saturated rings. The number of para-hydroxylation sites is 1. The van der Waals surface area contributed by atoms with Crippen LogP contribution < -0.4 is 15.4 Å². The second-order valence-corrected chi connectivity index (χ2v) is 6.42. The van der Waals surface area contributed by atoms with E-state index in [2.05, 4.69) is 10.6 Å². The number of amides is 2. The highest BCUT2D eigenvalue weighted by atomic mass is 16.5. The van der Waals surface area contributed by atoms with Crippen LogP contribution in [-0.2, 0) is 11.3 Å². The fourth-order valence-electron chi connectivity index (χ4n) is 3.01. The summed E-state index contributed by atoms with van der Waals surface area (Å²) in [5.41, 5.74) is 1.92. The van der Waals surface area contributed by atoms with Gasteiger partial charge in [0.1, 0.15) is 5.75 Å². The van der Waals surface area contributed by atoms with Crippen molar-refractivity contribution in [3.05, 3.63) is 65.2 Å². The number of nitrogens with one attached hydrogen (secondary N) is 2. The zero-order chi connectivity index (χ0) is 19.1. The van der Waals surface area contributed by atoms with E-state index in [1.807, 2.05) is 24.3 Å². The van der Waals surface area contributed by atoms with E-state index >= 15 is 0 Å². The fraction of sp³-hybridized carbons (Fsp3) is 0.333. The van der Waals surface area contributed by atoms with Gasteiger partial charge in [-0.25, -0.2) is 0 Å². The van der Waals surface area contributed by atoms with E-state index in [0.717, 1.165) is 30.8 Å². The summed E-state index contributed by atoms with van der Waals surface area (Å²) in [7, 11) is 1.60. The molecule has 2 amide bonds. The molecular formula is C21H24N2O4. The lowest BCUT2D eigenvalue weighted by Crippen LogP contribution is -2.31. The Morgan fingerprint density at radius 1 is 1.04 bits per heavy atom. The quantitative estimate of drug-likeness (QED) is 0.787. The number of methoxy groups -OCH3 is 1. The Labute approximate surface area is 158 Å². The van der Waals surface area contributed by atoms with Gasteiger partial charge in [-0.05, 0) is 43.2 Å². The third-order valence-corrected chi connectivity index (χ3v) is 4.56. The van der Waals surface area contributed by atoms with Crippen molar-refractivity contribution in [2.24, 2.45) is 0 Å². The normalized spacial score (nSPS) is 16.0. The summed E-state index contributed by atoms with van der Waals surface area (Å²) >= 11 is 0. The monoisotopic (exact) mass is 368 g/mol. The molecule has 0 aromatic heterocycles. The van der Waals surface area contributed by atoms with Crippen molar-refractivity contribution in [1.82, 2.24) is 10.6 Å². The number of carbonyl (C=O) groups excluding carboxylic acids is 2. The SMILES string of the molecule is COc1ccccc1CNC(=O)c1ccc(C(=O)NCC2CCCO2)cc1. The van der Waals surface area contributed by atoms with E-state index in [1.54, 1.807) is 31.4 Å². The summed E-state index contributed by atoms with van der Waals surface area (Å²) in [5.74, 6) is 0.370. The van der Waals surface area contributed by atoms with E-state index < -0.39 is 0 Å². The minimum atomic E-state index is -0.202. The summed E-state index contributed by atoms with van der Waals surface area (Å²) in [6.07, 6.45) is 2.12. The van der Waals surface area contributed by atoms with Crippen molar-refractivity contribution in [2.45, 2.75) is 25.5 Å². The van der Waals surface area contributed by atoms with Crippen molar-refractivity contribution >= 4 is 11.8 Å². The molecule has 2 aromatic rings. The molecule has 0 spiro atoms. The predicted molar refractivity (Wildman–Crippen MR) is 102 cm³/mol. The van der Waals surface area contributed by atoms with Crippen molar-refractivity contribution < 1.29 is 19.1 Å². The first-order valence-electron chi connectivity index (χ1n) is 9.07. The Morgan fingerprint density at radius 2 is 1.70 bits per heavy atom. The first-order valence-corrected chi connectivity index (χ1v) is 9.07. The molecule has 27 heavy (non-hydrogen) atoms. The second-order valence-electron chi connectivity index (χ2n) is 6.42. The molecule has 1 aliphatic rings. The van der Waals surface area contributed by atoms with Crippen LogP contribution in [0.25, 0.3) is 0 Å². The van der Waals surface area contributed by atoms with E-state index in [9.17, 15) is 9.59 Å². The van der Waals surface area contributed by atoms with Crippen LogP contribution >= 0.6 is 0 Å². The van der Waals surface area contributed by atoms with Crippen LogP contribution in [0.3, 0.4) is 0 Å². The first-order chi connectivity index (χ1) is 13.2. The third-order valence-electron chi connectivity index (χ3n) is 4.56. The maximum atomic E-state index is 12.3. The van der Waals surface area contributed by atoms with Crippen LogP contribution in [0.4, 0.5) is 0 Å². The molecule has 1 heterocycles. The maximum Gasteiger partial charge on any atom is 0.251 e. The Morgan fingerprint density at radius 3 is 2.33 bits per heavy atom. The number of hydrogen-bond acceptors (Lipinski definition) is 4. The molecule has 0 radical (unpaired) electrons. The van der Waals surface area contributed by atoms with Gasteiger partial charge in [0.05, 0.1) is 13.2 Å². The highest BCUT2D eigenvalue weighted by Crippen LogP contribution is 2.17. The summed E-state index contributed by atoms with van der Waals surface area (Å²) < 4.78 is 10.8. The van der Waals surface area contributed by atoms with Gasteiger partial charge in [-0.2, -0.15) is 0 Å². The molecule has 0 saturated carbocycles. The Bertz CT molecular complexity index is 783. The maximum absolute atomic E-state index is 12.3. The zero-order valence-electron chi connectivity index (χ0n) is 15.4. The molecule has 6 heteroatoms. The number of ether oxygens (including phenoxy) is 2. The lowest BCUT2D eigenvalue weighted by atomic mass is 10.1. The molecule has 142 valence electrons. The molecule has 1 saturated heterocycles. The van der Waals surface area contributed by atoms with Crippen molar-refractivity contribution in [1.29, 1.82) is 0 Å². The van der Waals surface area contributed by atoms with Gasteiger partial charge in [0.25, 0.3) is 11.8 Å². The van der Waals surface area contributed by atoms with Crippen molar-refractivity contribution in [3.63, 3.8) is 0 Å². The zero-order valence-corrected chi connectivity index (χ0v) is 15.4. The van der Waals surface area contributed by atoms with Crippen LogP contribution in [0.1, 0.15) is 39.1 Å². The average molecular weight is 368 g/mol. The largest absolute Gasteiger partial charge is 0.496 e. The number of benzene rings is 2. The summed E-state index contributed by atoms with van der Waals surface area (Å²) in [6, 6.07) is 14.1. The molecule has 0 aliphatic carbocycles. The third kappa shape index (κ3) is 5.08. The molecule has 2 N–H and O–H groups in total. The Hall–Kier alpha value is -2.86. The second kappa shape index (κ2) is 9.19. The molecule has 2 aromatic carbocycles. The summed E-state index contributed by atoms with van der Waals surface area (Å²) in [5, 5.41) is 5.74. The summed E-state index contributed by atoms with van der Waals surface area (Å²) in [6.45, 7) is 1.64. The lowest BCUT2D eigenvalue weighted by Gasteiger charge is -2.11. The average Bonchev–Trinajstić information content (AvgIpc) is 3.24. The van der Waals surface area contributed by atoms with Gasteiger partial charge in [-0.3, -0.25) is 9.59 Å². The van der Waals surface area contributed by atoms with Gasteiger partial charge >= 0.3 is 0 Å². The number of rotatable bonds is 7. The van der Waals surface area contributed by atoms with Gasteiger partial charge in [-0.15, -0.1) is 0 Å². The molecule has 1 unspecified atom stereocenters. The highest BCUT2D eigenvalue weighted by molar-refractivity contribution is 5.97. The molecular weight excluding hydrogens is 344 g/mol.